The summed E-state index contributed by atoms with van der Waals surface area (Å²) in [7, 11) is 0. The van der Waals surface area contributed by atoms with E-state index in [2.05, 4.69) is 46.0 Å². The van der Waals surface area contributed by atoms with Gasteiger partial charge in [-0.05, 0) is 117 Å². The monoisotopic (exact) mass is 1240 g/mol. The number of fused-ring (bicyclic) bond motifs is 7. The first-order chi connectivity index (χ1) is 41.1. The summed E-state index contributed by atoms with van der Waals surface area (Å²) in [6, 6.07) is -1.38. The van der Waals surface area contributed by atoms with Gasteiger partial charge in [-0.1, -0.05) is 91.7 Å². The standard InChI is InChI=1S/C63H103NO23/c1-32-51(85-54-48(76)44(72)35(68)30-81-54)47(75)50(78)55(82-32)86-52-46(74)43(64-42(71)16-14-12-10-8-9-11-13-15-25-80-53-49(77)45(73)37(29-66)84-53)36(28-65)83-56(52)87-57(79)63-24-23-58(2,3)26-34(63)33-17-18-39-59(4)21-20-40(69)60(5,31-67)38(59)19-22-61(39,6)62(33,7)27-41(63)70/h17,31-32,34-41,43-56,65-66,68-70,72-78H,8-16,18-30H2,1-7H3,(H,64,71)/t32?,34?,35-,36?,37+,38-,39?,40+,41-,43+,44?,45?,46?,47?,48?,49?,50?,51+,52?,53-,54+,55+,56+,59?,60-,61+,62-,63-/m1/s1. The smallest absolute Gasteiger partial charge is 0.317 e. The summed E-state index contributed by atoms with van der Waals surface area (Å²) in [6.07, 6.45) is -13.2. The second kappa shape index (κ2) is 27.3. The molecule has 24 nitrogen and oxygen atoms in total. The highest BCUT2D eigenvalue weighted by Crippen LogP contribution is 2.76. The number of ether oxygens (including phenoxy) is 8. The van der Waals surface area contributed by atoms with Crippen molar-refractivity contribution in [3.63, 3.8) is 0 Å². The summed E-state index contributed by atoms with van der Waals surface area (Å²) in [4.78, 5) is 42.3. The van der Waals surface area contributed by atoms with E-state index in [1.54, 1.807) is 0 Å². The van der Waals surface area contributed by atoms with E-state index in [0.717, 1.165) is 56.8 Å². The summed E-state index contributed by atoms with van der Waals surface area (Å²) < 4.78 is 47.5. The fourth-order valence-corrected chi connectivity index (χ4v) is 17.7. The summed E-state index contributed by atoms with van der Waals surface area (Å²) >= 11 is 0. The molecule has 13 N–H and O–H groups in total. The Morgan fingerprint density at radius 1 is 0.644 bits per heavy atom. The molecule has 9 aliphatic rings. The van der Waals surface area contributed by atoms with Crippen LogP contribution in [0.1, 0.15) is 164 Å². The van der Waals surface area contributed by atoms with Crippen LogP contribution in [-0.2, 0) is 52.3 Å². The van der Waals surface area contributed by atoms with Crippen molar-refractivity contribution in [1.82, 2.24) is 5.32 Å². The number of carbonyl (C=O) groups is 3. The van der Waals surface area contributed by atoms with Crippen LogP contribution in [0.4, 0.5) is 0 Å². The zero-order valence-electron chi connectivity index (χ0n) is 51.8. The number of hydrogen-bond donors (Lipinski definition) is 13. The number of allylic oxidation sites excluding steroid dienone is 2. The van der Waals surface area contributed by atoms with E-state index >= 15 is 4.79 Å². The molecule has 0 aromatic rings. The predicted molar refractivity (Wildman–Crippen MR) is 306 cm³/mol. The first-order valence-electron chi connectivity index (χ1n) is 32.3. The molecule has 0 spiro atoms. The molecule has 9 rings (SSSR count). The fraction of sp³-hybridized carbons (Fsp3) is 0.921. The molecule has 4 heterocycles. The summed E-state index contributed by atoms with van der Waals surface area (Å²) in [6.45, 7) is 13.1. The number of aliphatic hydroxyl groups is 12. The van der Waals surface area contributed by atoms with Gasteiger partial charge in [0.2, 0.25) is 12.2 Å². The molecule has 87 heavy (non-hydrogen) atoms. The lowest BCUT2D eigenvalue weighted by Gasteiger charge is -2.71. The maximum atomic E-state index is 15.7. The van der Waals surface area contributed by atoms with Crippen LogP contribution in [-0.4, -0.2) is 229 Å². The molecule has 4 saturated heterocycles. The van der Waals surface area contributed by atoms with E-state index in [1.165, 1.54) is 6.92 Å². The molecule has 24 heteroatoms. The number of carbonyl (C=O) groups excluding carboxylic acids is 3. The molecule has 8 fully saturated rings. The Labute approximate surface area is 510 Å². The Morgan fingerprint density at radius 3 is 1.94 bits per heavy atom. The molecule has 13 unspecified atom stereocenters. The quantitative estimate of drug-likeness (QED) is 0.0312. The van der Waals surface area contributed by atoms with Gasteiger partial charge in [0.15, 0.2) is 25.0 Å². The highest BCUT2D eigenvalue weighted by molar-refractivity contribution is 5.80. The van der Waals surface area contributed by atoms with Crippen molar-refractivity contribution in [2.75, 3.05) is 26.4 Å². The predicted octanol–water partition coefficient (Wildman–Crippen LogP) is 1.05. The Bertz CT molecular complexity index is 2390. The van der Waals surface area contributed by atoms with Crippen molar-refractivity contribution in [3.05, 3.63) is 11.6 Å². The average molecular weight is 1240 g/mol. The number of rotatable bonds is 22. The summed E-state index contributed by atoms with van der Waals surface area (Å²) in [5.41, 5.74) is -2.95. The van der Waals surface area contributed by atoms with Crippen molar-refractivity contribution in [2.45, 2.75) is 287 Å². The highest BCUT2D eigenvalue weighted by atomic mass is 16.8. The molecular weight excluding hydrogens is 1140 g/mol. The normalized spacial score (nSPS) is 48.6. The van der Waals surface area contributed by atoms with Gasteiger partial charge in [-0.3, -0.25) is 9.59 Å². The number of hydrogen-bond acceptors (Lipinski definition) is 23. The lowest BCUT2D eigenvalue weighted by atomic mass is 9.33. The molecule has 0 radical (unpaired) electrons. The van der Waals surface area contributed by atoms with Crippen LogP contribution < -0.4 is 5.32 Å². The van der Waals surface area contributed by atoms with Crippen LogP contribution in [0, 0.1) is 50.2 Å². The molecule has 28 atom stereocenters. The fourth-order valence-electron chi connectivity index (χ4n) is 17.7. The number of aliphatic hydroxyl groups excluding tert-OH is 12. The third kappa shape index (κ3) is 12.8. The minimum Gasteiger partial charge on any atom is -0.432 e. The van der Waals surface area contributed by atoms with Gasteiger partial charge < -0.3 is 109 Å². The molecule has 1 amide bonds. The summed E-state index contributed by atoms with van der Waals surface area (Å²) in [5.74, 6) is -1.80. The van der Waals surface area contributed by atoms with E-state index < -0.39 is 177 Å². The number of nitrogens with one attached hydrogen (secondary N) is 1. The van der Waals surface area contributed by atoms with Gasteiger partial charge in [0, 0.05) is 13.0 Å². The van der Waals surface area contributed by atoms with Crippen LogP contribution in [0.3, 0.4) is 0 Å². The Kier molecular flexibility index (Phi) is 21.6. The van der Waals surface area contributed by atoms with E-state index in [9.17, 15) is 70.9 Å². The van der Waals surface area contributed by atoms with Gasteiger partial charge in [-0.25, -0.2) is 0 Å². The SMILES string of the molecule is CC1O[C@@H](OC2C(O)[C@@H](NC(=O)CCCCCCCCCCO[C@@H]3O[C@@H](CO)C(O)C3O)C(CO)O[C@H]2OC(=O)[C@]23CCC(C)(C)CC2C2=CCC4C5(C)CC[C@H](O)[C@](C)(C=O)[C@@H]5CC[C@]4(C)[C@]2(C)C[C@H]3O)C(O)C(O)[C@H]1O[C@@H]1OC[C@@H](O)C(O)C1O. The third-order valence-corrected chi connectivity index (χ3v) is 23.3. The Morgan fingerprint density at radius 2 is 1.28 bits per heavy atom. The second-order valence-electron chi connectivity index (χ2n) is 29.0. The lowest BCUT2D eigenvalue weighted by molar-refractivity contribution is -0.370. The van der Waals surface area contributed by atoms with E-state index in [-0.39, 0.29) is 47.3 Å². The first kappa shape index (κ1) is 68.9. The molecule has 498 valence electrons. The zero-order valence-corrected chi connectivity index (χ0v) is 51.8. The number of unbranched alkanes of at least 4 members (excludes halogenated alkanes) is 7. The van der Waals surface area contributed by atoms with Gasteiger partial charge >= 0.3 is 5.97 Å². The van der Waals surface area contributed by atoms with Crippen LogP contribution in [0.25, 0.3) is 0 Å². The molecule has 0 bridgehead atoms. The van der Waals surface area contributed by atoms with Crippen molar-refractivity contribution < 1.29 is 114 Å². The number of esters is 1. The van der Waals surface area contributed by atoms with Crippen molar-refractivity contribution in [1.29, 1.82) is 0 Å². The zero-order chi connectivity index (χ0) is 63.3. The Balaban J connectivity index is 0.901. The Hall–Kier alpha value is -2.41. The van der Waals surface area contributed by atoms with E-state index in [0.29, 0.717) is 58.0 Å². The van der Waals surface area contributed by atoms with E-state index in [1.807, 2.05) is 6.92 Å². The van der Waals surface area contributed by atoms with Gasteiger partial charge in [-0.15, -0.1) is 0 Å². The first-order valence-corrected chi connectivity index (χ1v) is 32.3. The van der Waals surface area contributed by atoms with Crippen LogP contribution in [0.5, 0.6) is 0 Å². The number of amides is 1. The van der Waals surface area contributed by atoms with Crippen LogP contribution >= 0.6 is 0 Å². The van der Waals surface area contributed by atoms with Crippen molar-refractivity contribution in [2.24, 2.45) is 50.2 Å². The molecule has 5 aliphatic carbocycles. The van der Waals surface area contributed by atoms with Crippen molar-refractivity contribution >= 4 is 18.2 Å². The van der Waals surface area contributed by atoms with Gasteiger partial charge in [0.25, 0.3) is 0 Å². The highest BCUT2D eigenvalue weighted by Gasteiger charge is 2.72. The topological polar surface area (TPSA) is 380 Å². The van der Waals surface area contributed by atoms with Crippen LogP contribution in [0.2, 0.25) is 0 Å². The molecule has 4 saturated carbocycles. The van der Waals surface area contributed by atoms with Gasteiger partial charge in [-0.2, -0.15) is 0 Å². The minimum absolute atomic E-state index is 0.0439. The second-order valence-corrected chi connectivity index (χ2v) is 29.0. The average Bonchev–Trinajstić information content (AvgIpc) is 0.957. The van der Waals surface area contributed by atoms with Gasteiger partial charge in [0.1, 0.15) is 78.8 Å². The van der Waals surface area contributed by atoms with Crippen LogP contribution in [0.15, 0.2) is 11.6 Å². The minimum atomic E-state index is -1.96. The maximum Gasteiger partial charge on any atom is 0.317 e. The maximum absolute atomic E-state index is 15.7. The van der Waals surface area contributed by atoms with Gasteiger partial charge in [0.05, 0.1) is 49.6 Å². The summed E-state index contributed by atoms with van der Waals surface area (Å²) in [5, 5.41) is 134. The molecular formula is C63H103NO23. The third-order valence-electron chi connectivity index (χ3n) is 23.3. The lowest BCUT2D eigenvalue weighted by Crippen LogP contribution is -2.69. The number of aldehydes is 1. The van der Waals surface area contributed by atoms with E-state index in [4.69, 9.17) is 37.9 Å². The largest absolute Gasteiger partial charge is 0.432 e. The molecule has 0 aromatic carbocycles. The molecule has 4 aliphatic heterocycles. The van der Waals surface area contributed by atoms with Crippen molar-refractivity contribution in [3.8, 4) is 0 Å². The molecule has 0 aromatic heterocycles.